The quantitative estimate of drug-likeness (QED) is 0.329. The van der Waals surface area contributed by atoms with E-state index in [2.05, 4.69) is 53.5 Å². The van der Waals surface area contributed by atoms with Gasteiger partial charge in [-0.25, -0.2) is 15.1 Å². The van der Waals surface area contributed by atoms with Gasteiger partial charge in [0.05, 0.1) is 19.0 Å². The predicted octanol–water partition coefficient (Wildman–Crippen LogP) is 5.00. The lowest BCUT2D eigenvalue weighted by atomic mass is 9.87. The van der Waals surface area contributed by atoms with Crippen LogP contribution < -0.4 is 10.2 Å². The van der Waals surface area contributed by atoms with E-state index in [0.717, 1.165) is 22.6 Å². The SMILES string of the molecule is COc1ccc(-n2nc(C(=O)N/N=C/c3ccc(C(C)(C)C)cc3)nc2-c2ccccc2)cc1. The standard InChI is InChI=1S/C27H27N5O2/c1-27(2,3)21-12-10-19(11-13-21)18-28-30-26(33)24-29-25(20-8-6-5-7-9-20)32(31-24)22-14-16-23(34-4)17-15-22/h5-18H,1-4H3,(H,30,33)/b28-18+. The summed E-state index contributed by atoms with van der Waals surface area (Å²) in [6.07, 6.45) is 1.60. The van der Waals surface area contributed by atoms with Gasteiger partial charge < -0.3 is 4.74 Å². The summed E-state index contributed by atoms with van der Waals surface area (Å²) in [5, 5.41) is 8.54. The summed E-state index contributed by atoms with van der Waals surface area (Å²) < 4.78 is 6.88. The minimum absolute atomic E-state index is 0.0231. The topological polar surface area (TPSA) is 81.4 Å². The molecule has 0 aliphatic carbocycles. The van der Waals surface area contributed by atoms with Crippen molar-refractivity contribution in [1.29, 1.82) is 0 Å². The van der Waals surface area contributed by atoms with E-state index in [0.29, 0.717) is 5.82 Å². The van der Waals surface area contributed by atoms with Crippen molar-refractivity contribution in [2.45, 2.75) is 26.2 Å². The average molecular weight is 454 g/mol. The second kappa shape index (κ2) is 9.70. The van der Waals surface area contributed by atoms with Crippen LogP contribution in [0.1, 0.15) is 42.5 Å². The van der Waals surface area contributed by atoms with Gasteiger partial charge in [0, 0.05) is 5.56 Å². The maximum Gasteiger partial charge on any atom is 0.311 e. The van der Waals surface area contributed by atoms with E-state index in [1.165, 1.54) is 5.56 Å². The molecule has 4 aromatic rings. The first kappa shape index (κ1) is 22.9. The van der Waals surface area contributed by atoms with E-state index >= 15 is 0 Å². The first-order valence-corrected chi connectivity index (χ1v) is 11.0. The van der Waals surface area contributed by atoms with Gasteiger partial charge in [-0.3, -0.25) is 4.79 Å². The summed E-state index contributed by atoms with van der Waals surface area (Å²) in [7, 11) is 1.61. The molecule has 172 valence electrons. The number of carbonyl (C=O) groups is 1. The van der Waals surface area contributed by atoms with Crippen molar-refractivity contribution >= 4 is 12.1 Å². The van der Waals surface area contributed by atoms with E-state index in [-0.39, 0.29) is 11.2 Å². The van der Waals surface area contributed by atoms with Crippen molar-refractivity contribution in [3.63, 3.8) is 0 Å². The van der Waals surface area contributed by atoms with Gasteiger partial charge >= 0.3 is 5.91 Å². The van der Waals surface area contributed by atoms with Crippen molar-refractivity contribution in [3.05, 3.63) is 95.8 Å². The fraction of sp³-hybridized carbons (Fsp3) is 0.185. The molecule has 0 fully saturated rings. The third kappa shape index (κ3) is 5.20. The predicted molar refractivity (Wildman–Crippen MR) is 134 cm³/mol. The largest absolute Gasteiger partial charge is 0.497 e. The van der Waals surface area contributed by atoms with Gasteiger partial charge in [-0.2, -0.15) is 5.10 Å². The van der Waals surface area contributed by atoms with Gasteiger partial charge in [0.2, 0.25) is 5.82 Å². The molecule has 1 N–H and O–H groups in total. The zero-order chi connectivity index (χ0) is 24.1. The normalized spacial score (nSPS) is 11.5. The Morgan fingerprint density at radius 1 is 0.971 bits per heavy atom. The van der Waals surface area contributed by atoms with Crippen LogP contribution in [-0.2, 0) is 5.41 Å². The molecule has 7 heteroatoms. The highest BCUT2D eigenvalue weighted by Gasteiger charge is 2.18. The summed E-state index contributed by atoms with van der Waals surface area (Å²) in [5.74, 6) is 0.813. The molecule has 0 aliphatic rings. The van der Waals surface area contributed by atoms with Gasteiger partial charge in [-0.1, -0.05) is 75.4 Å². The Balaban J connectivity index is 1.57. The van der Waals surface area contributed by atoms with Gasteiger partial charge in [-0.15, -0.1) is 5.10 Å². The highest BCUT2D eigenvalue weighted by atomic mass is 16.5. The van der Waals surface area contributed by atoms with Crippen LogP contribution in [0.15, 0.2) is 84.0 Å². The van der Waals surface area contributed by atoms with Crippen molar-refractivity contribution < 1.29 is 9.53 Å². The van der Waals surface area contributed by atoms with E-state index in [9.17, 15) is 4.79 Å². The number of ether oxygens (including phenoxy) is 1. The number of nitrogens with zero attached hydrogens (tertiary/aromatic N) is 4. The van der Waals surface area contributed by atoms with E-state index < -0.39 is 5.91 Å². The smallest absolute Gasteiger partial charge is 0.311 e. The number of methoxy groups -OCH3 is 1. The molecule has 3 aromatic carbocycles. The molecule has 1 heterocycles. The van der Waals surface area contributed by atoms with Crippen LogP contribution in [0, 0.1) is 0 Å². The van der Waals surface area contributed by atoms with Crippen molar-refractivity contribution in [2.75, 3.05) is 7.11 Å². The molecule has 0 saturated carbocycles. The molecule has 7 nitrogen and oxygen atoms in total. The Labute approximate surface area is 199 Å². The van der Waals surface area contributed by atoms with Gasteiger partial charge in [0.1, 0.15) is 5.75 Å². The maximum atomic E-state index is 12.8. The fourth-order valence-electron chi connectivity index (χ4n) is 3.37. The van der Waals surface area contributed by atoms with Crippen LogP contribution in [-0.4, -0.2) is 34.0 Å². The lowest BCUT2D eigenvalue weighted by molar-refractivity contribution is 0.0945. The van der Waals surface area contributed by atoms with Crippen LogP contribution in [0.25, 0.3) is 17.1 Å². The Kier molecular flexibility index (Phi) is 6.54. The van der Waals surface area contributed by atoms with Crippen molar-refractivity contribution in [1.82, 2.24) is 20.2 Å². The minimum atomic E-state index is -0.494. The second-order valence-electron chi connectivity index (χ2n) is 8.81. The molecule has 0 aliphatic heterocycles. The number of nitrogens with one attached hydrogen (secondary N) is 1. The lowest BCUT2D eigenvalue weighted by Crippen LogP contribution is -2.19. The minimum Gasteiger partial charge on any atom is -0.497 e. The molecule has 0 atom stereocenters. The molecule has 4 rings (SSSR count). The summed E-state index contributed by atoms with van der Waals surface area (Å²) in [5.41, 5.74) is 6.32. The van der Waals surface area contributed by atoms with Crippen molar-refractivity contribution in [2.24, 2.45) is 5.10 Å². The van der Waals surface area contributed by atoms with Gasteiger partial charge in [0.25, 0.3) is 0 Å². The molecule has 34 heavy (non-hydrogen) atoms. The van der Waals surface area contributed by atoms with E-state index in [1.54, 1.807) is 18.0 Å². The molecule has 0 saturated heterocycles. The Morgan fingerprint density at radius 2 is 1.65 bits per heavy atom. The molecule has 0 spiro atoms. The third-order valence-corrected chi connectivity index (χ3v) is 5.32. The van der Waals surface area contributed by atoms with Crippen LogP contribution in [0.5, 0.6) is 5.75 Å². The first-order chi connectivity index (χ1) is 16.3. The first-order valence-electron chi connectivity index (χ1n) is 11.0. The van der Waals surface area contributed by atoms with Crippen LogP contribution in [0.4, 0.5) is 0 Å². The van der Waals surface area contributed by atoms with Gasteiger partial charge in [-0.05, 0) is 40.8 Å². The van der Waals surface area contributed by atoms with E-state index in [4.69, 9.17) is 4.74 Å². The van der Waals surface area contributed by atoms with Crippen molar-refractivity contribution in [3.8, 4) is 22.8 Å². The number of benzene rings is 3. The molecule has 1 amide bonds. The number of amides is 1. The molecule has 0 radical (unpaired) electrons. The molecular weight excluding hydrogens is 426 g/mol. The van der Waals surface area contributed by atoms with E-state index in [1.807, 2.05) is 66.7 Å². The molecular formula is C27H27N5O2. The van der Waals surface area contributed by atoms with Gasteiger partial charge in [0.15, 0.2) is 5.82 Å². The third-order valence-electron chi connectivity index (χ3n) is 5.32. The number of aromatic nitrogens is 3. The number of hydrogen-bond acceptors (Lipinski definition) is 5. The summed E-state index contributed by atoms with van der Waals surface area (Å²) in [6.45, 7) is 6.49. The average Bonchev–Trinajstić information content (AvgIpc) is 3.30. The fourth-order valence-corrected chi connectivity index (χ4v) is 3.37. The highest BCUT2D eigenvalue weighted by Crippen LogP contribution is 2.23. The Bertz CT molecular complexity index is 1290. The number of carbonyl (C=O) groups excluding carboxylic acids is 1. The van der Waals surface area contributed by atoms with Crippen LogP contribution in [0.3, 0.4) is 0 Å². The summed E-state index contributed by atoms with van der Waals surface area (Å²) in [6, 6.07) is 25.1. The summed E-state index contributed by atoms with van der Waals surface area (Å²) >= 11 is 0. The monoisotopic (exact) mass is 453 g/mol. The molecule has 0 unspecified atom stereocenters. The lowest BCUT2D eigenvalue weighted by Gasteiger charge is -2.18. The van der Waals surface area contributed by atoms with Crippen LogP contribution >= 0.6 is 0 Å². The Morgan fingerprint density at radius 3 is 2.26 bits per heavy atom. The second-order valence-corrected chi connectivity index (χ2v) is 8.81. The maximum absolute atomic E-state index is 12.8. The van der Waals surface area contributed by atoms with Crippen LogP contribution in [0.2, 0.25) is 0 Å². The number of rotatable bonds is 6. The Hall–Kier alpha value is -4.26. The zero-order valence-corrected chi connectivity index (χ0v) is 19.7. The molecule has 1 aromatic heterocycles. The summed E-state index contributed by atoms with van der Waals surface area (Å²) in [4.78, 5) is 17.3. The molecule has 0 bridgehead atoms. The zero-order valence-electron chi connectivity index (χ0n) is 19.7. The number of hydrazone groups is 1. The number of hydrogen-bond donors (Lipinski definition) is 1. The highest BCUT2D eigenvalue weighted by molar-refractivity contribution is 5.92.